The minimum absolute atomic E-state index is 0. The SMILES string of the molecule is CN=C(NCc1cccc(F)c1)N1CCC(COC)C1.I. The summed E-state index contributed by atoms with van der Waals surface area (Å²) in [6.45, 7) is 3.31. The number of nitrogens with one attached hydrogen (secondary N) is 1. The standard InChI is InChI=1S/C15H22FN3O.HI/c1-17-15(19-7-6-13(10-19)11-20-2)18-9-12-4-3-5-14(16)8-12;/h3-5,8,13H,6-7,9-11H2,1-2H3,(H,17,18);1H. The molecule has 1 heterocycles. The van der Waals surface area contributed by atoms with Crippen molar-refractivity contribution in [2.75, 3.05) is 33.9 Å². The van der Waals surface area contributed by atoms with Gasteiger partial charge in [0, 0.05) is 39.7 Å². The van der Waals surface area contributed by atoms with Crippen LogP contribution in [0.15, 0.2) is 29.3 Å². The van der Waals surface area contributed by atoms with Gasteiger partial charge in [-0.25, -0.2) is 4.39 Å². The minimum atomic E-state index is -0.208. The first kappa shape index (κ1) is 18.2. The van der Waals surface area contributed by atoms with E-state index in [0.29, 0.717) is 12.5 Å². The summed E-state index contributed by atoms with van der Waals surface area (Å²) >= 11 is 0. The zero-order chi connectivity index (χ0) is 14.4. The lowest BCUT2D eigenvalue weighted by Gasteiger charge is -2.21. The van der Waals surface area contributed by atoms with E-state index in [2.05, 4.69) is 15.2 Å². The number of guanidine groups is 1. The molecule has 1 atom stereocenters. The van der Waals surface area contributed by atoms with Crippen molar-refractivity contribution in [1.82, 2.24) is 10.2 Å². The highest BCUT2D eigenvalue weighted by Crippen LogP contribution is 2.16. The van der Waals surface area contributed by atoms with Crippen LogP contribution in [-0.2, 0) is 11.3 Å². The maximum absolute atomic E-state index is 13.1. The molecule has 1 aliphatic rings. The summed E-state index contributed by atoms with van der Waals surface area (Å²) in [6.07, 6.45) is 1.12. The number of benzene rings is 1. The average Bonchev–Trinajstić information content (AvgIpc) is 2.89. The van der Waals surface area contributed by atoms with E-state index in [4.69, 9.17) is 4.74 Å². The summed E-state index contributed by atoms with van der Waals surface area (Å²) in [5.41, 5.74) is 0.916. The van der Waals surface area contributed by atoms with Gasteiger partial charge in [0.05, 0.1) is 6.61 Å². The highest BCUT2D eigenvalue weighted by molar-refractivity contribution is 14.0. The van der Waals surface area contributed by atoms with Crippen molar-refractivity contribution >= 4 is 29.9 Å². The Kier molecular flexibility index (Phi) is 7.95. The second-order valence-corrected chi connectivity index (χ2v) is 5.09. The molecule has 1 N–H and O–H groups in total. The van der Waals surface area contributed by atoms with Crippen LogP contribution in [0.4, 0.5) is 4.39 Å². The number of hydrogen-bond acceptors (Lipinski definition) is 2. The average molecular weight is 407 g/mol. The van der Waals surface area contributed by atoms with E-state index < -0.39 is 0 Å². The number of halogens is 2. The molecule has 4 nitrogen and oxygen atoms in total. The van der Waals surface area contributed by atoms with Crippen LogP contribution in [0.1, 0.15) is 12.0 Å². The Labute approximate surface area is 142 Å². The van der Waals surface area contributed by atoms with Gasteiger partial charge in [0.15, 0.2) is 5.96 Å². The van der Waals surface area contributed by atoms with E-state index in [1.54, 1.807) is 20.2 Å². The lowest BCUT2D eigenvalue weighted by Crippen LogP contribution is -2.39. The number of rotatable bonds is 4. The van der Waals surface area contributed by atoms with Crippen LogP contribution in [0.3, 0.4) is 0 Å². The van der Waals surface area contributed by atoms with Crippen molar-refractivity contribution in [1.29, 1.82) is 0 Å². The third kappa shape index (κ3) is 5.43. The van der Waals surface area contributed by atoms with Crippen LogP contribution in [-0.4, -0.2) is 44.7 Å². The summed E-state index contributed by atoms with van der Waals surface area (Å²) in [4.78, 5) is 6.52. The Hall–Kier alpha value is -0.890. The zero-order valence-electron chi connectivity index (χ0n) is 12.5. The van der Waals surface area contributed by atoms with Crippen LogP contribution >= 0.6 is 24.0 Å². The second-order valence-electron chi connectivity index (χ2n) is 5.09. The van der Waals surface area contributed by atoms with Gasteiger partial charge in [-0.15, -0.1) is 24.0 Å². The van der Waals surface area contributed by atoms with Gasteiger partial charge in [-0.2, -0.15) is 0 Å². The zero-order valence-corrected chi connectivity index (χ0v) is 14.8. The van der Waals surface area contributed by atoms with Gasteiger partial charge in [-0.05, 0) is 24.1 Å². The van der Waals surface area contributed by atoms with Gasteiger partial charge in [0.25, 0.3) is 0 Å². The molecule has 1 aliphatic heterocycles. The van der Waals surface area contributed by atoms with Crippen LogP contribution in [0, 0.1) is 11.7 Å². The molecular formula is C15H23FIN3O. The number of nitrogens with zero attached hydrogens (tertiary/aromatic N) is 2. The minimum Gasteiger partial charge on any atom is -0.384 e. The van der Waals surface area contributed by atoms with Gasteiger partial charge in [-0.1, -0.05) is 12.1 Å². The van der Waals surface area contributed by atoms with Crippen LogP contribution in [0.25, 0.3) is 0 Å². The maximum Gasteiger partial charge on any atom is 0.193 e. The third-order valence-corrected chi connectivity index (χ3v) is 3.54. The van der Waals surface area contributed by atoms with Gasteiger partial charge >= 0.3 is 0 Å². The molecule has 21 heavy (non-hydrogen) atoms. The Morgan fingerprint density at radius 1 is 1.52 bits per heavy atom. The third-order valence-electron chi connectivity index (χ3n) is 3.54. The fourth-order valence-corrected chi connectivity index (χ4v) is 2.56. The van der Waals surface area contributed by atoms with Crippen molar-refractivity contribution in [2.45, 2.75) is 13.0 Å². The first-order valence-electron chi connectivity index (χ1n) is 6.92. The predicted octanol–water partition coefficient (Wildman–Crippen LogP) is 2.49. The van der Waals surface area contributed by atoms with E-state index >= 15 is 0 Å². The smallest absolute Gasteiger partial charge is 0.193 e. The molecule has 0 saturated carbocycles. The fraction of sp³-hybridized carbons (Fsp3) is 0.533. The normalized spacial score (nSPS) is 18.5. The molecule has 1 fully saturated rings. The number of likely N-dealkylation sites (tertiary alicyclic amines) is 1. The molecule has 0 amide bonds. The topological polar surface area (TPSA) is 36.9 Å². The van der Waals surface area contributed by atoms with Crippen LogP contribution < -0.4 is 5.32 Å². The predicted molar refractivity (Wildman–Crippen MR) is 93.6 cm³/mol. The number of methoxy groups -OCH3 is 1. The molecule has 2 rings (SSSR count). The van der Waals surface area contributed by atoms with Crippen LogP contribution in [0.5, 0.6) is 0 Å². The molecule has 1 aromatic carbocycles. The summed E-state index contributed by atoms with van der Waals surface area (Å²) in [7, 11) is 3.51. The molecule has 118 valence electrons. The van der Waals surface area contributed by atoms with Crippen molar-refractivity contribution in [3.05, 3.63) is 35.6 Å². The highest BCUT2D eigenvalue weighted by atomic mass is 127. The summed E-state index contributed by atoms with van der Waals surface area (Å²) in [5, 5.41) is 3.29. The fourth-order valence-electron chi connectivity index (χ4n) is 2.56. The molecule has 0 bridgehead atoms. The van der Waals surface area contributed by atoms with Crippen molar-refractivity contribution < 1.29 is 9.13 Å². The molecule has 0 aliphatic carbocycles. The quantitative estimate of drug-likeness (QED) is 0.474. The number of ether oxygens (including phenoxy) is 1. The molecule has 1 saturated heterocycles. The summed E-state index contributed by atoms with van der Waals surface area (Å²) < 4.78 is 18.3. The van der Waals surface area contributed by atoms with Crippen molar-refractivity contribution in [2.24, 2.45) is 10.9 Å². The molecule has 1 unspecified atom stereocenters. The van der Waals surface area contributed by atoms with Crippen molar-refractivity contribution in [3.63, 3.8) is 0 Å². The summed E-state index contributed by atoms with van der Waals surface area (Å²) in [6, 6.07) is 6.62. The first-order valence-corrected chi connectivity index (χ1v) is 6.92. The monoisotopic (exact) mass is 407 g/mol. The molecule has 1 aromatic rings. The molecular weight excluding hydrogens is 384 g/mol. The van der Waals surface area contributed by atoms with Gasteiger partial charge in [0.2, 0.25) is 0 Å². The Balaban J connectivity index is 0.00000220. The number of aliphatic imine (C=N–C) groups is 1. The second kappa shape index (κ2) is 9.19. The van der Waals surface area contributed by atoms with Crippen molar-refractivity contribution in [3.8, 4) is 0 Å². The lowest BCUT2D eigenvalue weighted by molar-refractivity contribution is 0.157. The van der Waals surface area contributed by atoms with E-state index in [-0.39, 0.29) is 29.8 Å². The lowest BCUT2D eigenvalue weighted by atomic mass is 10.1. The van der Waals surface area contributed by atoms with Gasteiger partial charge in [0.1, 0.15) is 5.82 Å². The molecule has 6 heteroatoms. The molecule has 0 aromatic heterocycles. The first-order chi connectivity index (χ1) is 9.72. The Morgan fingerprint density at radius 2 is 2.33 bits per heavy atom. The van der Waals surface area contributed by atoms with E-state index in [1.807, 2.05) is 6.07 Å². The van der Waals surface area contributed by atoms with Gasteiger partial charge in [-0.3, -0.25) is 4.99 Å². The largest absolute Gasteiger partial charge is 0.384 e. The van der Waals surface area contributed by atoms with Gasteiger partial charge < -0.3 is 15.0 Å². The number of hydrogen-bond donors (Lipinski definition) is 1. The maximum atomic E-state index is 13.1. The highest BCUT2D eigenvalue weighted by Gasteiger charge is 2.24. The molecule has 0 spiro atoms. The summed E-state index contributed by atoms with van der Waals surface area (Å²) in [5.74, 6) is 1.22. The van der Waals surface area contributed by atoms with E-state index in [1.165, 1.54) is 12.1 Å². The van der Waals surface area contributed by atoms with E-state index in [9.17, 15) is 4.39 Å². The molecule has 0 radical (unpaired) electrons. The van der Waals surface area contributed by atoms with Crippen LogP contribution in [0.2, 0.25) is 0 Å². The Bertz CT molecular complexity index is 470. The van der Waals surface area contributed by atoms with E-state index in [0.717, 1.165) is 37.6 Å². The Morgan fingerprint density at radius 3 is 3.00 bits per heavy atom.